The number of phosphoric acid groups is 1. The first-order valence-corrected chi connectivity index (χ1v) is 40.8. The fraction of sp³-hybridized carbons (Fsp3) is 0.959. The molecular formula is C74H139O24P. The van der Waals surface area contributed by atoms with Gasteiger partial charge in [0.05, 0.1) is 13.2 Å². The number of hydrogen-bond acceptors (Lipinski definition) is 23. The van der Waals surface area contributed by atoms with Gasteiger partial charge in [-0.05, 0) is 19.3 Å². The zero-order chi connectivity index (χ0) is 72.5. The number of hydrogen-bond donors (Lipinski definition) is 11. The molecule has 0 radical (unpaired) electrons. The normalized spacial score (nSPS) is 27.4. The Kier molecular flexibility index (Phi) is 51.9. The number of carbonyl (C=O) groups is 3. The van der Waals surface area contributed by atoms with E-state index >= 15 is 0 Å². The van der Waals surface area contributed by atoms with E-state index in [1.54, 1.807) is 0 Å². The molecule has 18 unspecified atom stereocenters. The molecule has 0 spiro atoms. The summed E-state index contributed by atoms with van der Waals surface area (Å²) in [6.07, 6.45) is 14.4. The van der Waals surface area contributed by atoms with Gasteiger partial charge in [-0.2, -0.15) is 0 Å². The Morgan fingerprint density at radius 1 is 0.354 bits per heavy atom. The zero-order valence-electron chi connectivity index (χ0n) is 61.1. The third-order valence-corrected chi connectivity index (χ3v) is 20.6. The van der Waals surface area contributed by atoms with Gasteiger partial charge in [-0.3, -0.25) is 23.4 Å². The second-order valence-electron chi connectivity index (χ2n) is 28.4. The number of ether oxygens (including phenoxy) is 7. The van der Waals surface area contributed by atoms with Gasteiger partial charge in [-0.1, -0.05) is 284 Å². The largest absolute Gasteiger partial charge is 0.472 e. The van der Waals surface area contributed by atoms with Crippen molar-refractivity contribution in [3.8, 4) is 0 Å². The monoisotopic (exact) mass is 1440 g/mol. The van der Waals surface area contributed by atoms with Crippen LogP contribution in [0.15, 0.2) is 0 Å². The molecule has 0 aromatic rings. The van der Waals surface area contributed by atoms with Crippen LogP contribution in [-0.2, 0) is 61.2 Å². The van der Waals surface area contributed by atoms with E-state index in [4.69, 9.17) is 42.2 Å². The standard InChI is InChI=1S/C74H139O24P/c1-4-7-10-13-16-19-22-25-27-29-31-34-36-39-42-45-48-58(76)90-52-55(93-60(78)50-47-44-41-38-35-32-28-26-23-20-17-14-11-8-5-2)53-92-99(88,89)98-72-70(96-73-68(86)63(81)61(79)56(51-75)94-73)66(84)65(83)67(85)71(72)97-74-69(87)64(82)62(80)57(95-74)54-91-59(77)49-46-43-40-37-33-30-24-21-18-15-12-9-6-3/h55-57,61-75,79-87H,4-54H2,1-3H3,(H,88,89). The molecule has 2 saturated heterocycles. The molecule has 1 saturated carbocycles. The van der Waals surface area contributed by atoms with Gasteiger partial charge < -0.3 is 89.1 Å². The van der Waals surface area contributed by atoms with E-state index in [0.29, 0.717) is 19.3 Å². The van der Waals surface area contributed by atoms with Crippen molar-refractivity contribution < 1.29 is 117 Å². The quantitative estimate of drug-likeness (QED) is 0.0117. The van der Waals surface area contributed by atoms with Crippen LogP contribution in [0, 0.1) is 0 Å². The number of aliphatic hydroxyl groups excluding tert-OH is 10. The second kappa shape index (κ2) is 56.3. The van der Waals surface area contributed by atoms with Gasteiger partial charge in [0.1, 0.15) is 98.7 Å². The highest BCUT2D eigenvalue weighted by Gasteiger charge is 2.58. The molecule has 11 N–H and O–H groups in total. The number of aliphatic hydroxyl groups is 10. The van der Waals surface area contributed by atoms with Crippen molar-refractivity contribution in [3.63, 3.8) is 0 Å². The molecule has 0 aromatic carbocycles. The molecule has 18 atom stereocenters. The summed E-state index contributed by atoms with van der Waals surface area (Å²) in [7, 11) is -5.69. The number of rotatable bonds is 62. The topological polar surface area (TPSA) is 374 Å². The summed E-state index contributed by atoms with van der Waals surface area (Å²) in [6, 6.07) is 0. The summed E-state index contributed by atoms with van der Waals surface area (Å²) < 4.78 is 65.1. The zero-order valence-corrected chi connectivity index (χ0v) is 61.9. The van der Waals surface area contributed by atoms with Crippen molar-refractivity contribution in [2.45, 2.75) is 427 Å². The first kappa shape index (κ1) is 91.2. The fourth-order valence-corrected chi connectivity index (χ4v) is 14.2. The predicted molar refractivity (Wildman–Crippen MR) is 375 cm³/mol. The van der Waals surface area contributed by atoms with Crippen molar-refractivity contribution in [1.29, 1.82) is 0 Å². The van der Waals surface area contributed by atoms with Crippen LogP contribution >= 0.6 is 7.82 Å². The molecule has 0 aromatic heterocycles. The number of carbonyl (C=O) groups excluding carboxylic acids is 3. The van der Waals surface area contributed by atoms with Crippen molar-refractivity contribution in [3.05, 3.63) is 0 Å². The summed E-state index contributed by atoms with van der Waals surface area (Å²) in [5, 5.41) is 110. The van der Waals surface area contributed by atoms with Crippen LogP contribution in [0.25, 0.3) is 0 Å². The number of esters is 3. The molecular weight excluding hydrogens is 1300 g/mol. The Morgan fingerprint density at radius 3 is 0.990 bits per heavy atom. The highest BCUT2D eigenvalue weighted by Crippen LogP contribution is 2.49. The van der Waals surface area contributed by atoms with E-state index in [-0.39, 0.29) is 19.3 Å². The van der Waals surface area contributed by atoms with Crippen LogP contribution in [0.1, 0.15) is 323 Å². The van der Waals surface area contributed by atoms with Crippen LogP contribution in [0.5, 0.6) is 0 Å². The minimum absolute atomic E-state index is 0.0328. The highest BCUT2D eigenvalue weighted by atomic mass is 31.2. The number of phosphoric ester groups is 1. The van der Waals surface area contributed by atoms with Gasteiger partial charge >= 0.3 is 25.7 Å². The molecule has 2 aliphatic heterocycles. The van der Waals surface area contributed by atoms with Gasteiger partial charge in [0.2, 0.25) is 0 Å². The van der Waals surface area contributed by atoms with Crippen LogP contribution in [0.4, 0.5) is 0 Å². The number of unbranched alkanes of at least 4 members (excludes halogenated alkanes) is 41. The summed E-state index contributed by atoms with van der Waals surface area (Å²) in [5.74, 6) is -1.97. The smallest absolute Gasteiger partial charge is 0.463 e. The maximum absolute atomic E-state index is 14.4. The van der Waals surface area contributed by atoms with Gasteiger partial charge in [0, 0.05) is 19.3 Å². The Morgan fingerprint density at radius 2 is 0.646 bits per heavy atom. The van der Waals surface area contributed by atoms with Crippen molar-refractivity contribution in [1.82, 2.24) is 0 Å². The minimum Gasteiger partial charge on any atom is -0.463 e. The average Bonchev–Trinajstić information content (AvgIpc) is 0.762. The Balaban J connectivity index is 1.72. The molecule has 3 rings (SSSR count). The lowest BCUT2D eigenvalue weighted by Gasteiger charge is -2.49. The molecule has 0 amide bonds. The molecule has 0 bridgehead atoms. The van der Waals surface area contributed by atoms with E-state index in [1.807, 2.05) is 0 Å². The van der Waals surface area contributed by atoms with Gasteiger partial charge in [-0.25, -0.2) is 4.57 Å². The summed E-state index contributed by atoms with van der Waals surface area (Å²) in [5.41, 5.74) is 0. The van der Waals surface area contributed by atoms with Crippen molar-refractivity contribution >= 4 is 25.7 Å². The average molecular weight is 1440 g/mol. The first-order chi connectivity index (χ1) is 47.8. The predicted octanol–water partition coefficient (Wildman–Crippen LogP) is 11.4. The van der Waals surface area contributed by atoms with Crippen LogP contribution < -0.4 is 0 Å². The molecule has 3 aliphatic rings. The molecule has 584 valence electrons. The summed E-state index contributed by atoms with van der Waals surface area (Å²) in [6.45, 7) is 3.49. The van der Waals surface area contributed by atoms with Crippen LogP contribution in [0.2, 0.25) is 0 Å². The van der Waals surface area contributed by atoms with E-state index in [2.05, 4.69) is 20.8 Å². The van der Waals surface area contributed by atoms with Gasteiger partial charge in [0.25, 0.3) is 0 Å². The van der Waals surface area contributed by atoms with Crippen molar-refractivity contribution in [2.24, 2.45) is 0 Å². The maximum atomic E-state index is 14.4. The third kappa shape index (κ3) is 39.2. The molecule has 2 heterocycles. The van der Waals surface area contributed by atoms with E-state index in [9.17, 15) is 74.9 Å². The lowest BCUT2D eigenvalue weighted by Crippen LogP contribution is -2.69. The maximum Gasteiger partial charge on any atom is 0.472 e. The fourth-order valence-electron chi connectivity index (χ4n) is 13.2. The molecule has 24 nitrogen and oxygen atoms in total. The van der Waals surface area contributed by atoms with Gasteiger partial charge in [-0.15, -0.1) is 0 Å². The van der Waals surface area contributed by atoms with E-state index < -0.39 is 156 Å². The molecule has 1 aliphatic carbocycles. The molecule has 3 fully saturated rings. The molecule has 25 heteroatoms. The van der Waals surface area contributed by atoms with E-state index in [1.165, 1.54) is 173 Å². The minimum atomic E-state index is -5.69. The Labute approximate surface area is 593 Å². The van der Waals surface area contributed by atoms with Crippen LogP contribution in [0.3, 0.4) is 0 Å². The van der Waals surface area contributed by atoms with Crippen LogP contribution in [-0.4, -0.2) is 204 Å². The third-order valence-electron chi connectivity index (χ3n) is 19.6. The Hall–Kier alpha value is -2.04. The van der Waals surface area contributed by atoms with Crippen molar-refractivity contribution in [2.75, 3.05) is 26.4 Å². The summed E-state index contributed by atoms with van der Waals surface area (Å²) in [4.78, 5) is 51.1. The lowest BCUT2D eigenvalue weighted by molar-refractivity contribution is -0.360. The van der Waals surface area contributed by atoms with E-state index in [0.717, 1.165) is 89.9 Å². The first-order valence-electron chi connectivity index (χ1n) is 39.3. The molecule has 99 heavy (non-hydrogen) atoms. The highest BCUT2D eigenvalue weighted by molar-refractivity contribution is 7.47. The summed E-state index contributed by atoms with van der Waals surface area (Å²) >= 11 is 0. The Bertz CT molecular complexity index is 2050. The SMILES string of the molecule is CCCCCCCCCCCCCCCCCCC(=O)OCC(COP(=O)(O)OC1C(OC2OC(CO)C(O)C(O)C2O)C(O)C(O)C(O)C1OC1OC(COC(=O)CCCCCCCCCCCCCCC)C(O)C(O)C1O)OC(=O)CCCCCCCCCCCCCCCCC. The second-order valence-corrected chi connectivity index (χ2v) is 29.8. The lowest BCUT2D eigenvalue weighted by atomic mass is 9.84. The van der Waals surface area contributed by atoms with Gasteiger partial charge in [0.15, 0.2) is 18.7 Å².